The van der Waals surface area contributed by atoms with Gasteiger partial charge in [-0.1, -0.05) is 35.9 Å². The molecule has 0 unspecified atom stereocenters. The number of carbonyl (C=O) groups is 1. The molecule has 0 bridgehead atoms. The van der Waals surface area contributed by atoms with Gasteiger partial charge in [-0.3, -0.25) is 4.79 Å². The second-order valence-electron chi connectivity index (χ2n) is 4.97. The van der Waals surface area contributed by atoms with E-state index in [0.29, 0.717) is 17.4 Å². The van der Waals surface area contributed by atoms with Gasteiger partial charge in [-0.15, -0.1) is 0 Å². The van der Waals surface area contributed by atoms with Crippen molar-refractivity contribution in [1.82, 2.24) is 9.88 Å². The summed E-state index contributed by atoms with van der Waals surface area (Å²) in [7, 11) is 0. The van der Waals surface area contributed by atoms with Gasteiger partial charge in [0.15, 0.2) is 0 Å². The number of nitrogens with zero attached hydrogens (tertiary/aromatic N) is 2. The predicted molar refractivity (Wildman–Crippen MR) is 77.9 cm³/mol. The number of benzene rings is 1. The van der Waals surface area contributed by atoms with Crippen LogP contribution >= 0.6 is 11.6 Å². The third-order valence-corrected chi connectivity index (χ3v) is 3.79. The van der Waals surface area contributed by atoms with Crippen LogP contribution in [0.1, 0.15) is 23.3 Å². The highest BCUT2D eigenvalue weighted by Gasteiger charge is 2.33. The molecule has 1 N–H and O–H groups in total. The summed E-state index contributed by atoms with van der Waals surface area (Å²) in [4.78, 5) is 18.4. The largest absolute Gasteiger partial charge is 0.395 e. The van der Waals surface area contributed by atoms with Crippen LogP contribution < -0.4 is 0 Å². The Kier molecular flexibility index (Phi) is 3.59. The first-order valence-corrected chi connectivity index (χ1v) is 7.05. The van der Waals surface area contributed by atoms with Crippen LogP contribution in [0.4, 0.5) is 0 Å². The fourth-order valence-corrected chi connectivity index (χ4v) is 2.62. The summed E-state index contributed by atoms with van der Waals surface area (Å²) in [5.74, 6) is -0.158. The van der Waals surface area contributed by atoms with Crippen LogP contribution in [0, 0.1) is 0 Å². The first-order valence-electron chi connectivity index (χ1n) is 6.68. The molecule has 0 radical (unpaired) electrons. The van der Waals surface area contributed by atoms with E-state index in [2.05, 4.69) is 4.98 Å². The lowest BCUT2D eigenvalue weighted by Gasteiger charge is -2.21. The molecule has 1 fully saturated rings. The molecule has 2 aromatic rings. The smallest absolute Gasteiger partial charge is 0.272 e. The Hall–Kier alpha value is -1.65. The second kappa shape index (κ2) is 5.38. The van der Waals surface area contributed by atoms with Gasteiger partial charge >= 0.3 is 0 Å². The Bertz CT molecular complexity index is 655. The van der Waals surface area contributed by atoms with Gasteiger partial charge in [0.2, 0.25) is 0 Å². The standard InChI is InChI=1S/C15H15ClN2O2/c16-14-12-4-2-1-3-10(12)9-13(17-14)15(20)18(7-8-19)11-5-6-11/h1-4,9,11,19H,5-8H2. The van der Waals surface area contributed by atoms with Gasteiger partial charge in [0.1, 0.15) is 10.8 Å². The maximum Gasteiger partial charge on any atom is 0.272 e. The molecule has 1 aromatic carbocycles. The van der Waals surface area contributed by atoms with Gasteiger partial charge in [0, 0.05) is 18.0 Å². The average Bonchev–Trinajstić information content (AvgIpc) is 3.28. The number of carbonyl (C=O) groups excluding carboxylic acids is 1. The number of hydrogen-bond acceptors (Lipinski definition) is 3. The number of rotatable bonds is 4. The summed E-state index contributed by atoms with van der Waals surface area (Å²) < 4.78 is 0. The van der Waals surface area contributed by atoms with Gasteiger partial charge in [0.25, 0.3) is 5.91 Å². The highest BCUT2D eigenvalue weighted by atomic mass is 35.5. The predicted octanol–water partition coefficient (Wildman–Crippen LogP) is 2.49. The van der Waals surface area contributed by atoms with Gasteiger partial charge in [-0.25, -0.2) is 4.98 Å². The number of aliphatic hydroxyl groups is 1. The number of fused-ring (bicyclic) bond motifs is 1. The Balaban J connectivity index is 1.98. The van der Waals surface area contributed by atoms with Gasteiger partial charge in [-0.2, -0.15) is 0 Å². The van der Waals surface area contributed by atoms with Crippen LogP contribution in [0.25, 0.3) is 10.8 Å². The van der Waals surface area contributed by atoms with Crippen molar-refractivity contribution in [2.45, 2.75) is 18.9 Å². The molecule has 1 saturated carbocycles. The fourth-order valence-electron chi connectivity index (χ4n) is 2.36. The first-order chi connectivity index (χ1) is 9.70. The molecule has 1 heterocycles. The fraction of sp³-hybridized carbons (Fsp3) is 0.333. The second-order valence-corrected chi connectivity index (χ2v) is 5.33. The van der Waals surface area contributed by atoms with E-state index in [9.17, 15) is 4.79 Å². The lowest BCUT2D eigenvalue weighted by molar-refractivity contribution is 0.0702. The summed E-state index contributed by atoms with van der Waals surface area (Å²) in [6, 6.07) is 9.58. The van der Waals surface area contributed by atoms with E-state index in [-0.39, 0.29) is 18.6 Å². The lowest BCUT2D eigenvalue weighted by Crippen LogP contribution is -2.36. The molecule has 104 valence electrons. The highest BCUT2D eigenvalue weighted by molar-refractivity contribution is 6.34. The highest BCUT2D eigenvalue weighted by Crippen LogP contribution is 2.29. The molecule has 3 rings (SSSR count). The third-order valence-electron chi connectivity index (χ3n) is 3.50. The van der Waals surface area contributed by atoms with Crippen LogP contribution in [0.15, 0.2) is 30.3 Å². The summed E-state index contributed by atoms with van der Waals surface area (Å²) in [6.45, 7) is 0.305. The summed E-state index contributed by atoms with van der Waals surface area (Å²) in [5.41, 5.74) is 0.342. The minimum absolute atomic E-state index is 0.0381. The van der Waals surface area contributed by atoms with E-state index in [1.54, 1.807) is 11.0 Å². The molecule has 1 aromatic heterocycles. The number of halogens is 1. The summed E-state index contributed by atoms with van der Waals surface area (Å²) in [6.07, 6.45) is 1.99. The van der Waals surface area contributed by atoms with E-state index >= 15 is 0 Å². The van der Waals surface area contributed by atoms with Gasteiger partial charge in [0.05, 0.1) is 6.61 Å². The zero-order valence-electron chi connectivity index (χ0n) is 10.9. The molecular weight excluding hydrogens is 276 g/mol. The third kappa shape index (κ3) is 2.49. The minimum Gasteiger partial charge on any atom is -0.395 e. The zero-order valence-corrected chi connectivity index (χ0v) is 11.7. The molecule has 4 nitrogen and oxygen atoms in total. The maximum absolute atomic E-state index is 12.5. The summed E-state index contributed by atoms with van der Waals surface area (Å²) in [5, 5.41) is 11.2. The van der Waals surface area contributed by atoms with E-state index < -0.39 is 0 Å². The molecule has 0 spiro atoms. The average molecular weight is 291 g/mol. The van der Waals surface area contributed by atoms with Gasteiger partial charge < -0.3 is 10.0 Å². The molecule has 5 heteroatoms. The minimum atomic E-state index is -0.158. The normalized spacial score (nSPS) is 14.5. The molecule has 0 aliphatic heterocycles. The van der Waals surface area contributed by atoms with E-state index in [1.165, 1.54) is 0 Å². The van der Waals surface area contributed by atoms with Crippen LogP contribution in [-0.4, -0.2) is 40.1 Å². The monoisotopic (exact) mass is 290 g/mol. The van der Waals surface area contributed by atoms with Crippen LogP contribution in [0.3, 0.4) is 0 Å². The van der Waals surface area contributed by atoms with Crippen molar-refractivity contribution < 1.29 is 9.90 Å². The first kappa shape index (κ1) is 13.3. The SMILES string of the molecule is O=C(c1cc2ccccc2c(Cl)n1)N(CCO)C1CC1. The van der Waals surface area contributed by atoms with E-state index in [4.69, 9.17) is 16.7 Å². The number of pyridine rings is 1. The van der Waals surface area contributed by atoms with Crippen molar-refractivity contribution in [1.29, 1.82) is 0 Å². The molecule has 0 saturated heterocycles. The van der Waals surface area contributed by atoms with Gasteiger partial charge in [-0.05, 0) is 24.3 Å². The number of aromatic nitrogens is 1. The number of aliphatic hydroxyl groups excluding tert-OH is 1. The Morgan fingerprint density at radius 2 is 2.15 bits per heavy atom. The Morgan fingerprint density at radius 1 is 1.40 bits per heavy atom. The van der Waals surface area contributed by atoms with Crippen LogP contribution in [-0.2, 0) is 0 Å². The molecular formula is C15H15ClN2O2. The van der Waals surface area contributed by atoms with Crippen LogP contribution in [0.2, 0.25) is 5.15 Å². The molecule has 1 amide bonds. The molecule has 0 atom stereocenters. The van der Waals surface area contributed by atoms with Crippen molar-refractivity contribution in [2.24, 2.45) is 0 Å². The summed E-state index contributed by atoms with van der Waals surface area (Å²) >= 11 is 6.15. The van der Waals surface area contributed by atoms with Crippen molar-refractivity contribution >= 4 is 28.3 Å². The Labute approximate surface area is 122 Å². The zero-order chi connectivity index (χ0) is 14.1. The van der Waals surface area contributed by atoms with Crippen molar-refractivity contribution in [3.63, 3.8) is 0 Å². The Morgan fingerprint density at radius 3 is 2.85 bits per heavy atom. The lowest BCUT2D eigenvalue weighted by atomic mass is 10.1. The van der Waals surface area contributed by atoms with Crippen molar-refractivity contribution in [3.8, 4) is 0 Å². The van der Waals surface area contributed by atoms with E-state index in [1.807, 2.05) is 24.3 Å². The van der Waals surface area contributed by atoms with Crippen LogP contribution in [0.5, 0.6) is 0 Å². The van der Waals surface area contributed by atoms with E-state index in [0.717, 1.165) is 23.6 Å². The number of amides is 1. The molecule has 1 aliphatic rings. The topological polar surface area (TPSA) is 53.4 Å². The quantitative estimate of drug-likeness (QED) is 0.880. The molecule has 20 heavy (non-hydrogen) atoms. The van der Waals surface area contributed by atoms with Crippen molar-refractivity contribution in [2.75, 3.05) is 13.2 Å². The maximum atomic E-state index is 12.5. The molecule has 1 aliphatic carbocycles. The number of hydrogen-bond donors (Lipinski definition) is 1. The van der Waals surface area contributed by atoms with Crippen molar-refractivity contribution in [3.05, 3.63) is 41.2 Å².